The molecule has 0 saturated carbocycles. The molecule has 0 heterocycles. The van der Waals surface area contributed by atoms with Crippen LogP contribution in [0.3, 0.4) is 0 Å². The molecule has 0 aliphatic carbocycles. The van der Waals surface area contributed by atoms with Crippen LogP contribution in [0.15, 0.2) is 97.2 Å². The van der Waals surface area contributed by atoms with Crippen molar-refractivity contribution in [3.05, 3.63) is 97.2 Å². The molecular weight excluding hydrogens is 1020 g/mol. The molecule has 83 heavy (non-hydrogen) atoms. The Labute approximate surface area is 515 Å². The summed E-state index contributed by atoms with van der Waals surface area (Å²) in [6.45, 7) is 6.56. The lowest BCUT2D eigenvalue weighted by Gasteiger charge is -2.18. The van der Waals surface area contributed by atoms with Crippen LogP contribution in [0.25, 0.3) is 0 Å². The minimum absolute atomic E-state index is 0.0805. The Hall–Kier alpha value is -3.67. The van der Waals surface area contributed by atoms with Crippen molar-refractivity contribution >= 4 is 17.9 Å². The number of esters is 3. The first-order valence-corrected chi connectivity index (χ1v) is 35.7. The summed E-state index contributed by atoms with van der Waals surface area (Å²) < 4.78 is 17.0. The Morgan fingerprint density at radius 1 is 0.253 bits per heavy atom. The van der Waals surface area contributed by atoms with Gasteiger partial charge in [-0.1, -0.05) is 330 Å². The zero-order valence-electron chi connectivity index (χ0n) is 54.9. The van der Waals surface area contributed by atoms with E-state index >= 15 is 0 Å². The van der Waals surface area contributed by atoms with Gasteiger partial charge in [-0.05, 0) is 103 Å². The molecule has 0 aromatic rings. The highest BCUT2D eigenvalue weighted by Crippen LogP contribution is 2.17. The van der Waals surface area contributed by atoms with Gasteiger partial charge in [0.1, 0.15) is 13.2 Å². The van der Waals surface area contributed by atoms with Gasteiger partial charge in [-0.2, -0.15) is 0 Å². The lowest BCUT2D eigenvalue weighted by Crippen LogP contribution is -2.30. The molecule has 0 amide bonds. The Balaban J connectivity index is 4.37. The van der Waals surface area contributed by atoms with Gasteiger partial charge >= 0.3 is 17.9 Å². The second-order valence-electron chi connectivity index (χ2n) is 23.8. The maximum absolute atomic E-state index is 13.0. The number of ether oxygens (including phenoxy) is 3. The van der Waals surface area contributed by atoms with E-state index in [1.807, 2.05) is 0 Å². The summed E-state index contributed by atoms with van der Waals surface area (Å²) in [6, 6.07) is 0. The van der Waals surface area contributed by atoms with Crippen LogP contribution in [0.5, 0.6) is 0 Å². The number of hydrogen-bond donors (Lipinski definition) is 0. The molecule has 0 N–H and O–H groups in total. The fourth-order valence-electron chi connectivity index (χ4n) is 10.2. The standard InChI is InChI=1S/C77H134O6/c1-4-7-10-13-16-19-22-25-28-30-32-34-36-37-38-39-41-42-44-46-49-52-55-58-61-64-67-70-76(79)82-73-74(72-81-75(78)69-66-63-60-57-54-51-48-27-24-21-18-15-12-9-6-3)83-77(80)71-68-65-62-59-56-53-50-47-45-43-40-35-33-31-29-26-23-20-17-14-11-8-5-2/h7,10,16,19,25,28,31-34,37-38,41-42,46,49,74H,4-6,8-9,11-15,17-18,20-24,26-27,29-30,35-36,39-40,43-45,47-48,50-73H2,1-3H3/b10-7-,19-16-,28-25-,33-31-,34-32-,38-37-,42-41-,49-46-. The summed E-state index contributed by atoms with van der Waals surface area (Å²) >= 11 is 0. The van der Waals surface area contributed by atoms with Gasteiger partial charge in [-0.15, -0.1) is 0 Å². The maximum Gasteiger partial charge on any atom is 0.306 e. The number of rotatable bonds is 65. The average Bonchev–Trinajstić information content (AvgIpc) is 3.49. The highest BCUT2D eigenvalue weighted by molar-refractivity contribution is 5.71. The van der Waals surface area contributed by atoms with Crippen LogP contribution in [0, 0.1) is 0 Å². The Bertz CT molecular complexity index is 1610. The van der Waals surface area contributed by atoms with Crippen molar-refractivity contribution in [3.63, 3.8) is 0 Å². The summed E-state index contributed by atoms with van der Waals surface area (Å²) in [7, 11) is 0. The number of unbranched alkanes of at least 4 members (excludes halogenated alkanes) is 38. The van der Waals surface area contributed by atoms with Gasteiger partial charge in [0.2, 0.25) is 0 Å². The van der Waals surface area contributed by atoms with Crippen LogP contribution in [-0.4, -0.2) is 37.2 Å². The molecule has 1 atom stereocenters. The normalized spacial score (nSPS) is 12.7. The minimum atomic E-state index is -0.787. The van der Waals surface area contributed by atoms with E-state index in [-0.39, 0.29) is 31.1 Å². The quantitative estimate of drug-likeness (QED) is 0.0261. The van der Waals surface area contributed by atoms with E-state index in [0.717, 1.165) is 122 Å². The van der Waals surface area contributed by atoms with E-state index in [2.05, 4.69) is 118 Å². The van der Waals surface area contributed by atoms with Gasteiger partial charge in [0.15, 0.2) is 6.10 Å². The topological polar surface area (TPSA) is 78.9 Å². The molecule has 0 bridgehead atoms. The first-order valence-electron chi connectivity index (χ1n) is 35.7. The van der Waals surface area contributed by atoms with Crippen LogP contribution < -0.4 is 0 Å². The number of carbonyl (C=O) groups is 3. The van der Waals surface area contributed by atoms with Crippen molar-refractivity contribution in [1.29, 1.82) is 0 Å². The van der Waals surface area contributed by atoms with E-state index in [1.165, 1.54) is 193 Å². The number of allylic oxidation sites excluding steroid dienone is 16. The monoisotopic (exact) mass is 1160 g/mol. The molecule has 0 aliphatic rings. The molecule has 6 nitrogen and oxygen atoms in total. The molecule has 0 aromatic carbocycles. The lowest BCUT2D eigenvalue weighted by atomic mass is 10.0. The largest absolute Gasteiger partial charge is 0.462 e. The smallest absolute Gasteiger partial charge is 0.306 e. The molecule has 0 fully saturated rings. The summed E-state index contributed by atoms with van der Waals surface area (Å²) in [5.41, 5.74) is 0. The van der Waals surface area contributed by atoms with Crippen molar-refractivity contribution in [3.8, 4) is 0 Å². The zero-order valence-corrected chi connectivity index (χ0v) is 54.9. The van der Waals surface area contributed by atoms with Crippen LogP contribution in [0.1, 0.15) is 355 Å². The molecular formula is C77H134O6. The van der Waals surface area contributed by atoms with E-state index in [0.29, 0.717) is 19.3 Å². The van der Waals surface area contributed by atoms with E-state index in [1.54, 1.807) is 0 Å². The second-order valence-corrected chi connectivity index (χ2v) is 23.8. The lowest BCUT2D eigenvalue weighted by molar-refractivity contribution is -0.167. The van der Waals surface area contributed by atoms with Gasteiger partial charge in [-0.25, -0.2) is 0 Å². The van der Waals surface area contributed by atoms with Gasteiger partial charge < -0.3 is 14.2 Å². The molecule has 1 unspecified atom stereocenters. The van der Waals surface area contributed by atoms with E-state index in [4.69, 9.17) is 14.2 Å². The molecule has 0 saturated heterocycles. The van der Waals surface area contributed by atoms with Gasteiger partial charge in [0.05, 0.1) is 0 Å². The molecule has 0 aromatic heterocycles. The third kappa shape index (κ3) is 69.0. The highest BCUT2D eigenvalue weighted by atomic mass is 16.6. The molecule has 0 radical (unpaired) electrons. The third-order valence-corrected chi connectivity index (χ3v) is 15.6. The van der Waals surface area contributed by atoms with Crippen molar-refractivity contribution in [2.24, 2.45) is 0 Å². The Kier molecular flexibility index (Phi) is 67.7. The van der Waals surface area contributed by atoms with E-state index in [9.17, 15) is 14.4 Å². The van der Waals surface area contributed by atoms with Crippen LogP contribution in [0.4, 0.5) is 0 Å². The van der Waals surface area contributed by atoms with E-state index < -0.39 is 6.10 Å². The van der Waals surface area contributed by atoms with Crippen molar-refractivity contribution in [2.45, 2.75) is 361 Å². The minimum Gasteiger partial charge on any atom is -0.462 e. The molecule has 0 spiro atoms. The van der Waals surface area contributed by atoms with Crippen LogP contribution in [-0.2, 0) is 28.6 Å². The zero-order chi connectivity index (χ0) is 59.9. The molecule has 478 valence electrons. The maximum atomic E-state index is 13.0. The summed E-state index contributed by atoms with van der Waals surface area (Å²) in [5.74, 6) is -0.883. The highest BCUT2D eigenvalue weighted by Gasteiger charge is 2.19. The molecule has 0 aliphatic heterocycles. The predicted octanol–water partition coefficient (Wildman–Crippen LogP) is 24.8. The van der Waals surface area contributed by atoms with Gasteiger partial charge in [-0.3, -0.25) is 14.4 Å². The SMILES string of the molecule is CC/C=C\C/C=C\C/C=C\C/C=C\C/C=C\C/C=C\C/C=C\CCCCCCCC(=O)OCC(COC(=O)CCCCCCCCCCCCCCCCC)OC(=O)CCCCCCCCCCCCC/C=C\CCCCCCCCCC. The Morgan fingerprint density at radius 2 is 0.470 bits per heavy atom. The Morgan fingerprint density at radius 3 is 0.747 bits per heavy atom. The van der Waals surface area contributed by atoms with Crippen molar-refractivity contribution in [1.82, 2.24) is 0 Å². The van der Waals surface area contributed by atoms with Crippen LogP contribution >= 0.6 is 0 Å². The van der Waals surface area contributed by atoms with Gasteiger partial charge in [0, 0.05) is 19.3 Å². The number of hydrogen-bond acceptors (Lipinski definition) is 6. The third-order valence-electron chi connectivity index (χ3n) is 15.6. The summed E-state index contributed by atoms with van der Waals surface area (Å²) in [5, 5.41) is 0. The molecule has 6 heteroatoms. The summed E-state index contributed by atoms with van der Waals surface area (Å²) in [4.78, 5) is 38.5. The van der Waals surface area contributed by atoms with Crippen molar-refractivity contribution in [2.75, 3.05) is 13.2 Å². The molecule has 0 rings (SSSR count). The fourth-order valence-corrected chi connectivity index (χ4v) is 10.2. The van der Waals surface area contributed by atoms with Crippen molar-refractivity contribution < 1.29 is 28.6 Å². The predicted molar refractivity (Wildman–Crippen MR) is 362 cm³/mol. The summed E-state index contributed by atoms with van der Waals surface area (Å²) in [6.07, 6.45) is 95.7. The first-order chi connectivity index (χ1) is 41.0. The first kappa shape index (κ1) is 79.3. The van der Waals surface area contributed by atoms with Crippen LogP contribution in [0.2, 0.25) is 0 Å². The second kappa shape index (κ2) is 70.8. The number of carbonyl (C=O) groups excluding carboxylic acids is 3. The fraction of sp³-hybridized carbons (Fsp3) is 0.753. The van der Waals surface area contributed by atoms with Gasteiger partial charge in [0.25, 0.3) is 0 Å². The average molecular weight is 1160 g/mol.